The summed E-state index contributed by atoms with van der Waals surface area (Å²) in [4.78, 5) is 12.2. The fourth-order valence-electron chi connectivity index (χ4n) is 3.64. The third-order valence-corrected chi connectivity index (χ3v) is 4.95. The van der Waals surface area contributed by atoms with E-state index in [1.54, 1.807) is 0 Å². The third-order valence-electron chi connectivity index (χ3n) is 4.95. The lowest BCUT2D eigenvalue weighted by Crippen LogP contribution is -2.45. The van der Waals surface area contributed by atoms with Gasteiger partial charge < -0.3 is 20.5 Å². The summed E-state index contributed by atoms with van der Waals surface area (Å²) in [5.74, 6) is 0.717. The zero-order valence-electron chi connectivity index (χ0n) is 13.7. The molecule has 1 aliphatic carbocycles. The SMILES string of the molecule is O=C(NCC(O)COc1ccc(F)cc1)C1CC2CCCCC2N1. The van der Waals surface area contributed by atoms with Crippen LogP contribution in [0.5, 0.6) is 5.75 Å². The predicted molar refractivity (Wildman–Crippen MR) is 88.2 cm³/mol. The Morgan fingerprint density at radius 1 is 1.33 bits per heavy atom. The Morgan fingerprint density at radius 2 is 2.08 bits per heavy atom. The van der Waals surface area contributed by atoms with Gasteiger partial charge >= 0.3 is 0 Å². The molecule has 0 spiro atoms. The smallest absolute Gasteiger partial charge is 0.237 e. The topological polar surface area (TPSA) is 70.6 Å². The van der Waals surface area contributed by atoms with Gasteiger partial charge in [0.25, 0.3) is 0 Å². The Morgan fingerprint density at radius 3 is 2.83 bits per heavy atom. The molecule has 1 amide bonds. The highest BCUT2D eigenvalue weighted by Gasteiger charge is 2.38. The molecule has 132 valence electrons. The molecule has 0 radical (unpaired) electrons. The Balaban J connectivity index is 1.37. The molecule has 2 fully saturated rings. The average Bonchev–Trinajstić information content (AvgIpc) is 3.03. The van der Waals surface area contributed by atoms with Gasteiger partial charge in [0.05, 0.1) is 6.04 Å². The maximum absolute atomic E-state index is 12.8. The highest BCUT2D eigenvalue weighted by atomic mass is 19.1. The van der Waals surface area contributed by atoms with Crippen LogP contribution in [0.15, 0.2) is 24.3 Å². The normalized spacial score (nSPS) is 27.3. The minimum Gasteiger partial charge on any atom is -0.491 e. The monoisotopic (exact) mass is 336 g/mol. The second-order valence-corrected chi connectivity index (χ2v) is 6.77. The Kier molecular flexibility index (Phi) is 5.68. The fraction of sp³-hybridized carbons (Fsp3) is 0.611. The second-order valence-electron chi connectivity index (χ2n) is 6.77. The summed E-state index contributed by atoms with van der Waals surface area (Å²) in [6.45, 7) is 0.197. The van der Waals surface area contributed by atoms with Crippen LogP contribution < -0.4 is 15.4 Å². The molecule has 1 aliphatic heterocycles. The van der Waals surface area contributed by atoms with E-state index in [-0.39, 0.29) is 30.9 Å². The average molecular weight is 336 g/mol. The Labute approximate surface area is 141 Å². The molecular weight excluding hydrogens is 311 g/mol. The van der Waals surface area contributed by atoms with E-state index in [1.807, 2.05) is 0 Å². The zero-order chi connectivity index (χ0) is 16.9. The van der Waals surface area contributed by atoms with E-state index in [9.17, 15) is 14.3 Å². The van der Waals surface area contributed by atoms with Crippen LogP contribution in [0.4, 0.5) is 4.39 Å². The van der Waals surface area contributed by atoms with Crippen molar-refractivity contribution in [1.29, 1.82) is 0 Å². The van der Waals surface area contributed by atoms with Crippen molar-refractivity contribution in [3.05, 3.63) is 30.1 Å². The molecule has 1 saturated heterocycles. The van der Waals surface area contributed by atoms with Gasteiger partial charge in [0.2, 0.25) is 5.91 Å². The molecule has 6 heteroatoms. The van der Waals surface area contributed by atoms with Gasteiger partial charge in [0, 0.05) is 12.6 Å². The first-order chi connectivity index (χ1) is 11.6. The van der Waals surface area contributed by atoms with Crippen molar-refractivity contribution in [1.82, 2.24) is 10.6 Å². The number of fused-ring (bicyclic) bond motifs is 1. The zero-order valence-corrected chi connectivity index (χ0v) is 13.7. The number of hydrogen-bond acceptors (Lipinski definition) is 4. The van der Waals surface area contributed by atoms with E-state index in [0.29, 0.717) is 17.7 Å². The maximum Gasteiger partial charge on any atom is 0.237 e. The number of carbonyl (C=O) groups is 1. The summed E-state index contributed by atoms with van der Waals surface area (Å²) >= 11 is 0. The van der Waals surface area contributed by atoms with E-state index >= 15 is 0 Å². The highest BCUT2D eigenvalue weighted by molar-refractivity contribution is 5.82. The lowest BCUT2D eigenvalue weighted by Gasteiger charge is -2.24. The van der Waals surface area contributed by atoms with E-state index in [1.165, 1.54) is 43.5 Å². The standard InChI is InChI=1S/C18H25FN2O3/c19-13-5-7-15(8-6-13)24-11-14(22)10-20-18(23)17-9-12-3-1-2-4-16(12)21-17/h5-8,12,14,16-17,21-22H,1-4,9-11H2,(H,20,23). The molecule has 5 nitrogen and oxygen atoms in total. The lowest BCUT2D eigenvalue weighted by molar-refractivity contribution is -0.123. The lowest BCUT2D eigenvalue weighted by atomic mass is 9.85. The number of aliphatic hydroxyl groups is 1. The molecule has 4 unspecified atom stereocenters. The van der Waals surface area contributed by atoms with Crippen LogP contribution in [-0.2, 0) is 4.79 Å². The van der Waals surface area contributed by atoms with Gasteiger partial charge in [-0.25, -0.2) is 4.39 Å². The fourth-order valence-corrected chi connectivity index (χ4v) is 3.64. The number of aliphatic hydroxyl groups excluding tert-OH is 1. The maximum atomic E-state index is 12.8. The number of benzene rings is 1. The van der Waals surface area contributed by atoms with Crippen LogP contribution in [0.25, 0.3) is 0 Å². The van der Waals surface area contributed by atoms with Gasteiger partial charge in [-0.1, -0.05) is 12.8 Å². The van der Waals surface area contributed by atoms with E-state index < -0.39 is 6.10 Å². The van der Waals surface area contributed by atoms with Gasteiger partial charge in [0.1, 0.15) is 24.3 Å². The molecule has 3 rings (SSSR count). The number of nitrogens with one attached hydrogen (secondary N) is 2. The van der Waals surface area contributed by atoms with Crippen molar-refractivity contribution in [2.24, 2.45) is 5.92 Å². The van der Waals surface area contributed by atoms with Crippen molar-refractivity contribution < 1.29 is 19.0 Å². The van der Waals surface area contributed by atoms with Crippen LogP contribution in [0.2, 0.25) is 0 Å². The van der Waals surface area contributed by atoms with Crippen LogP contribution >= 0.6 is 0 Å². The van der Waals surface area contributed by atoms with Gasteiger partial charge in [-0.15, -0.1) is 0 Å². The minimum absolute atomic E-state index is 0.0507. The highest BCUT2D eigenvalue weighted by Crippen LogP contribution is 2.33. The molecular formula is C18H25FN2O3. The third kappa shape index (κ3) is 4.45. The summed E-state index contributed by atoms with van der Waals surface area (Å²) in [6, 6.07) is 5.93. The molecule has 3 N–H and O–H groups in total. The summed E-state index contributed by atoms with van der Waals surface area (Å²) < 4.78 is 18.2. The minimum atomic E-state index is -0.803. The Hall–Kier alpha value is -1.66. The van der Waals surface area contributed by atoms with Crippen molar-refractivity contribution in [3.63, 3.8) is 0 Å². The largest absolute Gasteiger partial charge is 0.491 e. The molecule has 0 aromatic heterocycles. The number of halogens is 1. The molecule has 24 heavy (non-hydrogen) atoms. The van der Waals surface area contributed by atoms with E-state index in [4.69, 9.17) is 4.74 Å². The summed E-state index contributed by atoms with van der Waals surface area (Å²) in [6.07, 6.45) is 4.94. The summed E-state index contributed by atoms with van der Waals surface area (Å²) in [5.41, 5.74) is 0. The van der Waals surface area contributed by atoms with Crippen LogP contribution in [0.3, 0.4) is 0 Å². The molecule has 0 bridgehead atoms. The number of rotatable bonds is 6. The van der Waals surface area contributed by atoms with Crippen molar-refractivity contribution in [3.8, 4) is 5.75 Å². The van der Waals surface area contributed by atoms with Gasteiger partial charge in [-0.05, 0) is 49.4 Å². The van der Waals surface area contributed by atoms with Crippen LogP contribution in [0.1, 0.15) is 32.1 Å². The molecule has 1 aromatic carbocycles. The summed E-state index contributed by atoms with van der Waals surface area (Å²) in [7, 11) is 0. The quantitative estimate of drug-likeness (QED) is 0.738. The molecule has 1 saturated carbocycles. The summed E-state index contributed by atoms with van der Waals surface area (Å²) in [5, 5.41) is 16.1. The van der Waals surface area contributed by atoms with Gasteiger partial charge in [-0.3, -0.25) is 4.79 Å². The van der Waals surface area contributed by atoms with Crippen molar-refractivity contribution >= 4 is 5.91 Å². The number of amides is 1. The van der Waals surface area contributed by atoms with Gasteiger partial charge in [-0.2, -0.15) is 0 Å². The Bertz CT molecular complexity index is 538. The number of hydrogen-bond donors (Lipinski definition) is 3. The molecule has 1 heterocycles. The molecule has 4 atom stereocenters. The van der Waals surface area contributed by atoms with Crippen molar-refractivity contribution in [2.45, 2.75) is 50.3 Å². The first-order valence-corrected chi connectivity index (χ1v) is 8.72. The van der Waals surface area contributed by atoms with E-state index in [2.05, 4.69) is 10.6 Å². The first-order valence-electron chi connectivity index (χ1n) is 8.72. The van der Waals surface area contributed by atoms with E-state index in [0.717, 1.165) is 12.8 Å². The van der Waals surface area contributed by atoms with Gasteiger partial charge in [0.15, 0.2) is 0 Å². The van der Waals surface area contributed by atoms with Crippen LogP contribution in [-0.4, -0.2) is 42.4 Å². The van der Waals surface area contributed by atoms with Crippen molar-refractivity contribution in [2.75, 3.05) is 13.2 Å². The second kappa shape index (κ2) is 7.94. The number of ether oxygens (including phenoxy) is 1. The number of carbonyl (C=O) groups excluding carboxylic acids is 1. The van der Waals surface area contributed by atoms with Crippen LogP contribution in [0, 0.1) is 11.7 Å². The molecule has 2 aliphatic rings. The predicted octanol–water partition coefficient (Wildman–Crippen LogP) is 1.60. The molecule has 1 aromatic rings. The first kappa shape index (κ1) is 17.2.